The fraction of sp³-hybridized carbons (Fsp3) is 0.259. The van der Waals surface area contributed by atoms with Crippen molar-refractivity contribution in [1.82, 2.24) is 4.90 Å². The quantitative estimate of drug-likeness (QED) is 0.213. The van der Waals surface area contributed by atoms with Crippen molar-refractivity contribution < 1.29 is 37.3 Å². The van der Waals surface area contributed by atoms with Gasteiger partial charge in [0.05, 0.1) is 36.0 Å². The largest absolute Gasteiger partial charge is 0.507 e. The number of likely N-dealkylation sites (tertiary alicyclic amines) is 1. The van der Waals surface area contributed by atoms with E-state index in [2.05, 4.69) is 0 Å². The molecule has 1 atom stereocenters. The first-order chi connectivity index (χ1) is 17.7. The second-order valence-corrected chi connectivity index (χ2v) is 9.14. The molecule has 37 heavy (non-hydrogen) atoms. The molecule has 1 fully saturated rings. The van der Waals surface area contributed by atoms with E-state index in [1.54, 1.807) is 36.6 Å². The number of rotatable bonds is 8. The Morgan fingerprint density at radius 3 is 2.43 bits per heavy atom. The summed E-state index contributed by atoms with van der Waals surface area (Å²) in [6.07, 6.45) is -4.55. The predicted octanol–water partition coefficient (Wildman–Crippen LogP) is 6.19. The smallest absolute Gasteiger partial charge is 0.416 e. The Morgan fingerprint density at radius 2 is 1.78 bits per heavy atom. The van der Waals surface area contributed by atoms with E-state index in [0.29, 0.717) is 17.2 Å². The number of thiophene rings is 1. The number of Topliss-reactive ketones (excluding diaryl/α,β-unsaturated/α-hetero) is 1. The van der Waals surface area contributed by atoms with E-state index in [1.807, 2.05) is 6.92 Å². The van der Waals surface area contributed by atoms with Gasteiger partial charge in [0.1, 0.15) is 17.3 Å². The number of benzene rings is 2. The second-order valence-electron chi connectivity index (χ2n) is 8.16. The normalized spacial score (nSPS) is 17.3. The maximum atomic E-state index is 13.3. The highest BCUT2D eigenvalue weighted by atomic mass is 32.1. The highest BCUT2D eigenvalue weighted by molar-refractivity contribution is 7.10. The first-order valence-corrected chi connectivity index (χ1v) is 12.4. The summed E-state index contributed by atoms with van der Waals surface area (Å²) in [5.41, 5.74) is -0.618. The number of ether oxygens (including phenoxy) is 2. The van der Waals surface area contributed by atoms with Crippen molar-refractivity contribution in [2.24, 2.45) is 0 Å². The molecule has 0 radical (unpaired) electrons. The van der Waals surface area contributed by atoms with Gasteiger partial charge in [-0.1, -0.05) is 18.2 Å². The van der Waals surface area contributed by atoms with Crippen LogP contribution >= 0.6 is 11.3 Å². The summed E-state index contributed by atoms with van der Waals surface area (Å²) in [6.45, 7) is 4.01. The lowest BCUT2D eigenvalue weighted by molar-refractivity contribution is -0.140. The third-order valence-electron chi connectivity index (χ3n) is 5.78. The van der Waals surface area contributed by atoms with Crippen LogP contribution in [0.15, 0.2) is 65.6 Å². The molecule has 0 aliphatic carbocycles. The van der Waals surface area contributed by atoms with Crippen molar-refractivity contribution >= 4 is 28.8 Å². The zero-order valence-electron chi connectivity index (χ0n) is 20.0. The Balaban J connectivity index is 1.82. The number of hydrogen-bond acceptors (Lipinski definition) is 6. The van der Waals surface area contributed by atoms with Crippen molar-refractivity contribution in [3.8, 4) is 11.5 Å². The summed E-state index contributed by atoms with van der Waals surface area (Å²) < 4.78 is 51.0. The SMILES string of the molecule is CCOc1ccc(/C(O)=C2/C(=O)C(=O)N(Cc3cccc(C(F)(F)F)c3)C2c2cccs2)c(OCC)c1. The van der Waals surface area contributed by atoms with Gasteiger partial charge in [0.25, 0.3) is 11.7 Å². The molecule has 1 saturated heterocycles. The number of aliphatic hydroxyl groups excluding tert-OH is 1. The number of hydrogen-bond donors (Lipinski definition) is 1. The van der Waals surface area contributed by atoms with Gasteiger partial charge < -0.3 is 19.5 Å². The molecule has 3 aromatic rings. The lowest BCUT2D eigenvalue weighted by Gasteiger charge is -2.24. The Labute approximate surface area is 215 Å². The second kappa shape index (κ2) is 10.7. The summed E-state index contributed by atoms with van der Waals surface area (Å²) >= 11 is 1.26. The molecule has 1 amide bonds. The molecule has 4 rings (SSSR count). The van der Waals surface area contributed by atoms with Gasteiger partial charge in [0.15, 0.2) is 0 Å². The van der Waals surface area contributed by atoms with Crippen LogP contribution in [0, 0.1) is 0 Å². The molecule has 1 aliphatic heterocycles. The molecule has 0 bridgehead atoms. The van der Waals surface area contributed by atoms with Crippen molar-refractivity contribution in [3.05, 3.63) is 87.1 Å². The molecular formula is C27H24F3NO5S. The molecule has 2 aromatic carbocycles. The minimum absolute atomic E-state index is 0.162. The van der Waals surface area contributed by atoms with E-state index in [9.17, 15) is 27.9 Å². The highest BCUT2D eigenvalue weighted by Crippen LogP contribution is 2.43. The third-order valence-corrected chi connectivity index (χ3v) is 6.70. The van der Waals surface area contributed by atoms with Crippen LogP contribution < -0.4 is 9.47 Å². The van der Waals surface area contributed by atoms with E-state index in [-0.39, 0.29) is 35.6 Å². The van der Waals surface area contributed by atoms with Crippen LogP contribution in [-0.2, 0) is 22.3 Å². The van der Waals surface area contributed by atoms with E-state index < -0.39 is 35.2 Å². The van der Waals surface area contributed by atoms with Crippen LogP contribution in [0.5, 0.6) is 11.5 Å². The van der Waals surface area contributed by atoms with E-state index >= 15 is 0 Å². The van der Waals surface area contributed by atoms with Crippen LogP contribution in [-0.4, -0.2) is 34.9 Å². The van der Waals surface area contributed by atoms with E-state index in [0.717, 1.165) is 12.1 Å². The van der Waals surface area contributed by atoms with Gasteiger partial charge in [-0.05, 0) is 55.1 Å². The fourth-order valence-electron chi connectivity index (χ4n) is 4.20. The maximum absolute atomic E-state index is 13.3. The summed E-state index contributed by atoms with van der Waals surface area (Å²) in [5.74, 6) is -1.52. The van der Waals surface area contributed by atoms with Gasteiger partial charge in [-0.25, -0.2) is 0 Å². The number of nitrogens with zero attached hydrogens (tertiary/aromatic N) is 1. The maximum Gasteiger partial charge on any atom is 0.416 e. The zero-order valence-corrected chi connectivity index (χ0v) is 20.9. The summed E-state index contributed by atoms with van der Waals surface area (Å²) in [6, 6.07) is 11.8. The number of aliphatic hydroxyl groups is 1. The molecule has 1 N–H and O–H groups in total. The minimum Gasteiger partial charge on any atom is -0.507 e. The average molecular weight is 532 g/mol. The number of ketones is 1. The molecule has 2 heterocycles. The molecule has 0 spiro atoms. The number of alkyl halides is 3. The topological polar surface area (TPSA) is 76.1 Å². The average Bonchev–Trinajstić information content (AvgIpc) is 3.47. The highest BCUT2D eigenvalue weighted by Gasteiger charge is 2.47. The van der Waals surface area contributed by atoms with Gasteiger partial charge in [-0.3, -0.25) is 9.59 Å². The first-order valence-electron chi connectivity index (χ1n) is 11.5. The molecule has 10 heteroatoms. The lowest BCUT2D eigenvalue weighted by atomic mass is 9.99. The monoisotopic (exact) mass is 531 g/mol. The Morgan fingerprint density at radius 1 is 1.03 bits per heavy atom. The van der Waals surface area contributed by atoms with Crippen LogP contribution in [0.4, 0.5) is 13.2 Å². The van der Waals surface area contributed by atoms with Crippen LogP contribution in [0.2, 0.25) is 0 Å². The number of halogens is 3. The third kappa shape index (κ3) is 5.34. The zero-order chi connectivity index (χ0) is 26.7. The molecule has 6 nitrogen and oxygen atoms in total. The Kier molecular flexibility index (Phi) is 7.58. The van der Waals surface area contributed by atoms with Crippen molar-refractivity contribution in [1.29, 1.82) is 0 Å². The van der Waals surface area contributed by atoms with Crippen LogP contribution in [0.25, 0.3) is 5.76 Å². The van der Waals surface area contributed by atoms with Crippen molar-refractivity contribution in [3.63, 3.8) is 0 Å². The summed E-state index contributed by atoms with van der Waals surface area (Å²) in [4.78, 5) is 28.2. The standard InChI is InChI=1S/C27H24F3NO5S/c1-3-35-18-10-11-19(20(14-18)36-4-2)24(32)22-23(21-9-6-12-37-21)31(26(34)25(22)33)15-16-7-5-8-17(13-16)27(28,29)30/h5-14,23,32H,3-4,15H2,1-2H3/b24-22-. The molecule has 1 aliphatic rings. The van der Waals surface area contributed by atoms with Gasteiger partial charge in [0.2, 0.25) is 0 Å². The van der Waals surface area contributed by atoms with E-state index in [4.69, 9.17) is 9.47 Å². The summed E-state index contributed by atoms with van der Waals surface area (Å²) in [5, 5.41) is 13.1. The Bertz CT molecular complexity index is 1330. The predicted molar refractivity (Wildman–Crippen MR) is 132 cm³/mol. The molecule has 194 valence electrons. The number of amides is 1. The van der Waals surface area contributed by atoms with Crippen molar-refractivity contribution in [2.75, 3.05) is 13.2 Å². The van der Waals surface area contributed by atoms with Crippen LogP contribution in [0.3, 0.4) is 0 Å². The molecule has 0 saturated carbocycles. The van der Waals surface area contributed by atoms with Gasteiger partial charge in [-0.15, -0.1) is 11.3 Å². The fourth-order valence-corrected chi connectivity index (χ4v) is 5.05. The summed E-state index contributed by atoms with van der Waals surface area (Å²) in [7, 11) is 0. The van der Waals surface area contributed by atoms with E-state index in [1.165, 1.54) is 34.4 Å². The minimum atomic E-state index is -4.55. The van der Waals surface area contributed by atoms with Gasteiger partial charge in [-0.2, -0.15) is 13.2 Å². The van der Waals surface area contributed by atoms with Crippen LogP contribution in [0.1, 0.15) is 41.5 Å². The first kappa shape index (κ1) is 26.3. The lowest BCUT2D eigenvalue weighted by Crippen LogP contribution is -2.29. The van der Waals surface area contributed by atoms with Gasteiger partial charge >= 0.3 is 6.18 Å². The Hall–Kier alpha value is -3.79. The number of carbonyl (C=O) groups is 2. The number of carbonyl (C=O) groups excluding carboxylic acids is 2. The molecule has 1 unspecified atom stereocenters. The van der Waals surface area contributed by atoms with Gasteiger partial charge in [0, 0.05) is 17.5 Å². The molecule has 1 aromatic heterocycles. The molecular weight excluding hydrogens is 507 g/mol. The van der Waals surface area contributed by atoms with Crippen molar-refractivity contribution in [2.45, 2.75) is 32.6 Å².